The van der Waals surface area contributed by atoms with E-state index < -0.39 is 16.6 Å². The predicted octanol–water partition coefficient (Wildman–Crippen LogP) is 3.82. The van der Waals surface area contributed by atoms with Crippen molar-refractivity contribution in [2.45, 2.75) is 45.3 Å². The van der Waals surface area contributed by atoms with Gasteiger partial charge in [-0.3, -0.25) is 14.9 Å². The van der Waals surface area contributed by atoms with Crippen molar-refractivity contribution in [2.75, 3.05) is 0 Å². The highest BCUT2D eigenvalue weighted by molar-refractivity contribution is 7.11. The van der Waals surface area contributed by atoms with E-state index in [0.29, 0.717) is 16.5 Å². The number of Topliss-reactive ketones (excluding diaryl/α,β-unsaturated/α-hetero) is 1. The van der Waals surface area contributed by atoms with E-state index in [1.54, 1.807) is 19.1 Å². The molecule has 2 aromatic rings. The second-order valence-electron chi connectivity index (χ2n) is 6.69. The van der Waals surface area contributed by atoms with Crippen LogP contribution in [0, 0.1) is 10.1 Å². The molecule has 26 heavy (non-hydrogen) atoms. The minimum absolute atomic E-state index is 0.0163. The van der Waals surface area contributed by atoms with E-state index >= 15 is 0 Å². The Labute approximate surface area is 154 Å². The summed E-state index contributed by atoms with van der Waals surface area (Å²) in [6.45, 7) is 7.34. The summed E-state index contributed by atoms with van der Waals surface area (Å²) < 4.78 is 6.10. The summed E-state index contributed by atoms with van der Waals surface area (Å²) >= 11 is 1.42. The third-order valence-corrected chi connectivity index (χ3v) is 5.26. The van der Waals surface area contributed by atoms with Crippen molar-refractivity contribution < 1.29 is 14.5 Å². The molecule has 1 aliphatic heterocycles. The molecule has 0 saturated carbocycles. The number of rotatable bonds is 5. The van der Waals surface area contributed by atoms with Crippen LogP contribution in [0.15, 0.2) is 34.6 Å². The normalized spacial score (nSPS) is 22.2. The summed E-state index contributed by atoms with van der Waals surface area (Å²) in [4.78, 5) is 31.6. The van der Waals surface area contributed by atoms with Crippen LogP contribution < -0.4 is 0 Å². The first kappa shape index (κ1) is 18.2. The smallest absolute Gasteiger partial charge is 0.269 e. The third kappa shape index (κ3) is 3.12. The number of carbonyl (C=O) groups excluding carboxylic acids is 1. The van der Waals surface area contributed by atoms with Gasteiger partial charge in [0.1, 0.15) is 0 Å². The van der Waals surface area contributed by atoms with Gasteiger partial charge in [0, 0.05) is 17.5 Å². The van der Waals surface area contributed by atoms with Gasteiger partial charge in [-0.1, -0.05) is 13.8 Å². The first-order valence-corrected chi connectivity index (χ1v) is 9.08. The monoisotopic (exact) mass is 373 g/mol. The van der Waals surface area contributed by atoms with Crippen LogP contribution in [0.4, 0.5) is 5.69 Å². The fraction of sp³-hybridized carbons (Fsp3) is 0.389. The second kappa shape index (κ2) is 6.60. The number of aliphatic imine (C=N–C) groups is 1. The van der Waals surface area contributed by atoms with Gasteiger partial charge >= 0.3 is 0 Å². The molecular weight excluding hydrogens is 354 g/mol. The fourth-order valence-electron chi connectivity index (χ4n) is 2.88. The average Bonchev–Trinajstić information content (AvgIpc) is 3.20. The maximum atomic E-state index is 12.2. The number of aromatic nitrogens is 1. The second-order valence-corrected chi connectivity index (χ2v) is 7.55. The number of ketones is 1. The number of nitro groups is 1. The first-order valence-electron chi connectivity index (χ1n) is 8.20. The number of non-ortho nitro benzene ring substituents is 1. The maximum absolute atomic E-state index is 12.2. The van der Waals surface area contributed by atoms with Gasteiger partial charge in [-0.25, -0.2) is 9.98 Å². The molecule has 1 aliphatic rings. The van der Waals surface area contributed by atoms with Crippen LogP contribution in [-0.4, -0.2) is 27.6 Å². The van der Waals surface area contributed by atoms with Gasteiger partial charge in [-0.15, -0.1) is 11.3 Å². The molecule has 2 atom stereocenters. The van der Waals surface area contributed by atoms with Crippen molar-refractivity contribution in [3.8, 4) is 0 Å². The molecule has 0 N–H and O–H groups in total. The minimum atomic E-state index is -1.03. The van der Waals surface area contributed by atoms with Crippen molar-refractivity contribution in [2.24, 2.45) is 4.99 Å². The average molecular weight is 373 g/mol. The SMILES string of the molecule is CC(=O)C1N=C(c2nc(C(C)C)cs2)OC1(C)c1ccc([N+](=O)[O-])cc1. The Hall–Kier alpha value is -2.61. The molecule has 0 radical (unpaired) electrons. The van der Waals surface area contributed by atoms with Crippen LogP contribution in [-0.2, 0) is 15.1 Å². The molecule has 0 spiro atoms. The molecule has 0 fully saturated rings. The van der Waals surface area contributed by atoms with E-state index in [9.17, 15) is 14.9 Å². The molecule has 0 aliphatic carbocycles. The summed E-state index contributed by atoms with van der Waals surface area (Å²) in [5.41, 5.74) is 0.555. The molecule has 136 valence electrons. The Kier molecular flexibility index (Phi) is 4.62. The number of hydrogen-bond acceptors (Lipinski definition) is 7. The van der Waals surface area contributed by atoms with Gasteiger partial charge < -0.3 is 4.74 Å². The number of carbonyl (C=O) groups is 1. The Bertz CT molecular complexity index is 888. The Morgan fingerprint density at radius 3 is 2.50 bits per heavy atom. The van der Waals surface area contributed by atoms with Gasteiger partial charge in [0.2, 0.25) is 5.90 Å². The molecule has 8 heteroatoms. The summed E-state index contributed by atoms with van der Waals surface area (Å²) in [6.07, 6.45) is 0. The van der Waals surface area contributed by atoms with Gasteiger partial charge in [-0.05, 0) is 37.5 Å². The Morgan fingerprint density at radius 1 is 1.35 bits per heavy atom. The molecular formula is C18H19N3O4S. The summed E-state index contributed by atoms with van der Waals surface area (Å²) in [5.74, 6) is 0.483. The minimum Gasteiger partial charge on any atom is -0.462 e. The zero-order valence-corrected chi connectivity index (χ0v) is 15.7. The standard InChI is InChI=1S/C18H19N3O4S/c1-10(2)14-9-26-17(19-14)16-20-15(11(3)22)18(4,25-16)12-5-7-13(8-6-12)21(23)24/h5-10,15H,1-4H3. The largest absolute Gasteiger partial charge is 0.462 e. The van der Waals surface area contributed by atoms with Crippen LogP contribution >= 0.6 is 11.3 Å². The highest BCUT2D eigenvalue weighted by Gasteiger charge is 2.47. The molecule has 1 aromatic carbocycles. The molecule has 0 saturated heterocycles. The fourth-order valence-corrected chi connectivity index (χ4v) is 3.79. The van der Waals surface area contributed by atoms with Crippen molar-refractivity contribution >= 4 is 28.7 Å². The van der Waals surface area contributed by atoms with E-state index in [-0.39, 0.29) is 17.4 Å². The van der Waals surface area contributed by atoms with Crippen LogP contribution in [0.25, 0.3) is 0 Å². The lowest BCUT2D eigenvalue weighted by molar-refractivity contribution is -0.384. The summed E-state index contributed by atoms with van der Waals surface area (Å²) in [7, 11) is 0. The number of nitrogens with zero attached hydrogens (tertiary/aromatic N) is 3. The van der Waals surface area contributed by atoms with E-state index in [1.807, 2.05) is 5.38 Å². The molecule has 0 bridgehead atoms. The first-order chi connectivity index (χ1) is 12.2. The van der Waals surface area contributed by atoms with Gasteiger partial charge in [0.15, 0.2) is 22.4 Å². The highest BCUT2D eigenvalue weighted by Crippen LogP contribution is 2.39. The number of hydrogen-bond donors (Lipinski definition) is 0. The Morgan fingerprint density at radius 2 is 2.00 bits per heavy atom. The van der Waals surface area contributed by atoms with Crippen molar-refractivity contribution in [1.29, 1.82) is 0 Å². The van der Waals surface area contributed by atoms with Crippen molar-refractivity contribution in [1.82, 2.24) is 4.98 Å². The van der Waals surface area contributed by atoms with Gasteiger partial charge in [0.25, 0.3) is 5.69 Å². The molecule has 7 nitrogen and oxygen atoms in total. The van der Waals surface area contributed by atoms with E-state index in [2.05, 4.69) is 23.8 Å². The number of ether oxygens (including phenoxy) is 1. The third-order valence-electron chi connectivity index (χ3n) is 4.41. The van der Waals surface area contributed by atoms with Gasteiger partial charge in [0.05, 0.1) is 10.6 Å². The van der Waals surface area contributed by atoms with Crippen molar-refractivity contribution in [3.05, 3.63) is 56.0 Å². The topological polar surface area (TPSA) is 94.7 Å². The van der Waals surface area contributed by atoms with Crippen LogP contribution in [0.3, 0.4) is 0 Å². The van der Waals surface area contributed by atoms with Crippen LogP contribution in [0.5, 0.6) is 0 Å². The number of benzene rings is 1. The zero-order chi connectivity index (χ0) is 19.1. The zero-order valence-electron chi connectivity index (χ0n) is 14.9. The summed E-state index contributed by atoms with van der Waals surface area (Å²) in [6, 6.07) is 5.28. The molecule has 2 unspecified atom stereocenters. The lowest BCUT2D eigenvalue weighted by Crippen LogP contribution is -2.38. The molecule has 1 aromatic heterocycles. The van der Waals surface area contributed by atoms with E-state index in [0.717, 1.165) is 5.69 Å². The lowest BCUT2D eigenvalue weighted by Gasteiger charge is -2.28. The lowest BCUT2D eigenvalue weighted by atomic mass is 9.86. The molecule has 3 rings (SSSR count). The quantitative estimate of drug-likeness (QED) is 0.586. The van der Waals surface area contributed by atoms with Crippen molar-refractivity contribution in [3.63, 3.8) is 0 Å². The van der Waals surface area contributed by atoms with E-state index in [1.165, 1.54) is 30.4 Å². The Balaban J connectivity index is 1.97. The van der Waals surface area contributed by atoms with Crippen LogP contribution in [0.1, 0.15) is 49.9 Å². The molecule has 2 heterocycles. The highest BCUT2D eigenvalue weighted by atomic mass is 32.1. The predicted molar refractivity (Wildman–Crippen MR) is 98.7 cm³/mol. The maximum Gasteiger partial charge on any atom is 0.269 e. The number of thiazole rings is 1. The molecule has 0 amide bonds. The van der Waals surface area contributed by atoms with Crippen LogP contribution in [0.2, 0.25) is 0 Å². The van der Waals surface area contributed by atoms with Gasteiger partial charge in [-0.2, -0.15) is 0 Å². The number of nitro benzene ring substituents is 1. The summed E-state index contributed by atoms with van der Waals surface area (Å²) in [5, 5.41) is 13.5. The van der Waals surface area contributed by atoms with E-state index in [4.69, 9.17) is 4.74 Å².